The summed E-state index contributed by atoms with van der Waals surface area (Å²) in [6, 6.07) is 8.08. The van der Waals surface area contributed by atoms with Crippen LogP contribution in [0.2, 0.25) is 0 Å². The Morgan fingerprint density at radius 2 is 2.33 bits per heavy atom. The highest BCUT2D eigenvalue weighted by Gasteiger charge is 2.06. The highest BCUT2D eigenvalue weighted by Crippen LogP contribution is 2.22. The molecular formula is C15H19N4O2. The smallest absolute Gasteiger partial charge is 0.236 e. The molecule has 0 unspecified atom stereocenters. The van der Waals surface area contributed by atoms with Crippen molar-refractivity contribution in [1.82, 2.24) is 15.1 Å². The lowest BCUT2D eigenvalue weighted by Gasteiger charge is -2.09. The number of hydrogen-bond acceptors (Lipinski definition) is 4. The first kappa shape index (κ1) is 15.1. The minimum absolute atomic E-state index is 0.186. The van der Waals surface area contributed by atoms with Crippen LogP contribution in [0.15, 0.2) is 30.6 Å². The molecule has 1 amide bonds. The predicted molar refractivity (Wildman–Crippen MR) is 79.6 cm³/mol. The average Bonchev–Trinajstić information content (AvgIpc) is 2.90. The summed E-state index contributed by atoms with van der Waals surface area (Å²) in [5.41, 5.74) is 7.44. The van der Waals surface area contributed by atoms with E-state index in [0.717, 1.165) is 11.1 Å². The second-order valence-electron chi connectivity index (χ2n) is 4.79. The van der Waals surface area contributed by atoms with E-state index in [0.29, 0.717) is 18.9 Å². The third kappa shape index (κ3) is 4.32. The molecule has 3 N–H and O–H groups in total. The number of ether oxygens (including phenoxy) is 1. The number of rotatable bonds is 6. The van der Waals surface area contributed by atoms with Gasteiger partial charge in [0, 0.05) is 18.8 Å². The minimum atomic E-state index is -0.507. The summed E-state index contributed by atoms with van der Waals surface area (Å²) >= 11 is 0. The molecule has 1 aromatic heterocycles. The summed E-state index contributed by atoms with van der Waals surface area (Å²) in [7, 11) is 1.87. The summed E-state index contributed by atoms with van der Waals surface area (Å²) in [4.78, 5) is 11.3. The van der Waals surface area contributed by atoms with Gasteiger partial charge in [0.05, 0.1) is 18.8 Å². The van der Waals surface area contributed by atoms with Gasteiger partial charge >= 0.3 is 0 Å². The Balaban J connectivity index is 1.88. The van der Waals surface area contributed by atoms with Crippen LogP contribution < -0.4 is 15.8 Å². The lowest BCUT2D eigenvalue weighted by atomic mass is 10.1. The zero-order valence-electron chi connectivity index (χ0n) is 12.2. The Kier molecular flexibility index (Phi) is 4.94. The highest BCUT2D eigenvalue weighted by atomic mass is 16.5. The van der Waals surface area contributed by atoms with Crippen LogP contribution in [-0.4, -0.2) is 34.9 Å². The Labute approximate surface area is 123 Å². The van der Waals surface area contributed by atoms with Gasteiger partial charge in [-0.2, -0.15) is 5.10 Å². The molecule has 2 aromatic rings. The van der Waals surface area contributed by atoms with Crippen LogP contribution in [0.25, 0.3) is 11.1 Å². The van der Waals surface area contributed by atoms with Crippen molar-refractivity contribution in [3.05, 3.63) is 36.7 Å². The molecule has 1 radical (unpaired) electrons. The quantitative estimate of drug-likeness (QED) is 0.767. The largest absolute Gasteiger partial charge is 0.492 e. The van der Waals surface area contributed by atoms with Gasteiger partial charge in [0.2, 0.25) is 5.91 Å². The summed E-state index contributed by atoms with van der Waals surface area (Å²) in [6.07, 6.45) is 3.71. The number of amides is 1. The molecule has 0 aliphatic rings. The molecule has 0 fully saturated rings. The van der Waals surface area contributed by atoms with Crippen LogP contribution in [0.1, 0.15) is 6.92 Å². The first-order valence-corrected chi connectivity index (χ1v) is 6.72. The molecule has 1 aromatic carbocycles. The number of nitrogens with two attached hydrogens (primary N) is 1. The summed E-state index contributed by atoms with van der Waals surface area (Å²) < 4.78 is 7.33. The molecular weight excluding hydrogens is 268 g/mol. The van der Waals surface area contributed by atoms with Crippen molar-refractivity contribution < 1.29 is 9.53 Å². The second kappa shape index (κ2) is 6.90. The van der Waals surface area contributed by atoms with Crippen LogP contribution >= 0.6 is 0 Å². The van der Waals surface area contributed by atoms with E-state index >= 15 is 0 Å². The van der Waals surface area contributed by atoms with Crippen molar-refractivity contribution in [3.8, 4) is 16.9 Å². The molecule has 0 aliphatic heterocycles. The summed E-state index contributed by atoms with van der Waals surface area (Å²) in [5, 5.41) is 6.83. The minimum Gasteiger partial charge on any atom is -0.492 e. The Morgan fingerprint density at radius 1 is 1.52 bits per heavy atom. The molecule has 1 atom stereocenters. The van der Waals surface area contributed by atoms with Gasteiger partial charge in [-0.1, -0.05) is 0 Å². The number of aromatic nitrogens is 2. The van der Waals surface area contributed by atoms with Crippen molar-refractivity contribution >= 4 is 5.91 Å². The van der Waals surface area contributed by atoms with Crippen LogP contribution in [0, 0.1) is 6.07 Å². The van der Waals surface area contributed by atoms with Crippen LogP contribution in [0.4, 0.5) is 0 Å². The van der Waals surface area contributed by atoms with Gasteiger partial charge in [-0.25, -0.2) is 0 Å². The van der Waals surface area contributed by atoms with Crippen LogP contribution in [-0.2, 0) is 11.8 Å². The van der Waals surface area contributed by atoms with Crippen molar-refractivity contribution in [2.24, 2.45) is 12.8 Å². The maximum absolute atomic E-state index is 11.3. The molecule has 111 valence electrons. The van der Waals surface area contributed by atoms with E-state index in [2.05, 4.69) is 16.5 Å². The first-order chi connectivity index (χ1) is 10.1. The van der Waals surface area contributed by atoms with Gasteiger partial charge in [0.1, 0.15) is 12.4 Å². The maximum Gasteiger partial charge on any atom is 0.236 e. The van der Waals surface area contributed by atoms with Gasteiger partial charge in [-0.3, -0.25) is 9.48 Å². The molecule has 21 heavy (non-hydrogen) atoms. The summed E-state index contributed by atoms with van der Waals surface area (Å²) in [5.74, 6) is 0.515. The normalized spacial score (nSPS) is 12.0. The second-order valence-corrected chi connectivity index (χ2v) is 4.79. The number of hydrogen-bond donors (Lipinski definition) is 2. The van der Waals surface area contributed by atoms with E-state index in [1.807, 2.05) is 25.4 Å². The van der Waals surface area contributed by atoms with Crippen LogP contribution in [0.5, 0.6) is 5.75 Å². The summed E-state index contributed by atoms with van der Waals surface area (Å²) in [6.45, 7) is 2.43. The van der Waals surface area contributed by atoms with Crippen molar-refractivity contribution in [2.75, 3.05) is 13.2 Å². The molecule has 0 spiro atoms. The average molecular weight is 287 g/mol. The first-order valence-electron chi connectivity index (χ1n) is 6.72. The third-order valence-corrected chi connectivity index (χ3v) is 2.88. The van der Waals surface area contributed by atoms with Gasteiger partial charge in [-0.05, 0) is 36.8 Å². The van der Waals surface area contributed by atoms with E-state index in [-0.39, 0.29) is 5.91 Å². The van der Waals surface area contributed by atoms with E-state index in [9.17, 15) is 4.79 Å². The zero-order chi connectivity index (χ0) is 15.2. The molecule has 0 bridgehead atoms. The van der Waals surface area contributed by atoms with Gasteiger partial charge < -0.3 is 15.8 Å². The Morgan fingerprint density at radius 3 is 3.00 bits per heavy atom. The van der Waals surface area contributed by atoms with Crippen LogP contribution in [0.3, 0.4) is 0 Å². The van der Waals surface area contributed by atoms with Gasteiger partial charge in [0.15, 0.2) is 0 Å². The molecule has 1 heterocycles. The van der Waals surface area contributed by atoms with Crippen molar-refractivity contribution in [3.63, 3.8) is 0 Å². The molecule has 6 nitrogen and oxygen atoms in total. The van der Waals surface area contributed by atoms with Crippen molar-refractivity contribution in [1.29, 1.82) is 0 Å². The third-order valence-electron chi connectivity index (χ3n) is 2.88. The monoisotopic (exact) mass is 287 g/mol. The number of nitrogens with zero attached hydrogens (tertiary/aromatic N) is 2. The number of carbonyl (C=O) groups excluding carboxylic acids is 1. The maximum atomic E-state index is 11.3. The number of carbonyl (C=O) groups is 1. The van der Waals surface area contributed by atoms with E-state index in [4.69, 9.17) is 10.5 Å². The van der Waals surface area contributed by atoms with Gasteiger partial charge in [-0.15, -0.1) is 0 Å². The van der Waals surface area contributed by atoms with Gasteiger partial charge in [0.25, 0.3) is 0 Å². The fraction of sp³-hybridized carbons (Fsp3) is 0.333. The number of nitrogens with one attached hydrogen (secondary N) is 1. The number of aryl methyl sites for hydroxylation is 1. The Hall–Kier alpha value is -2.34. The zero-order valence-corrected chi connectivity index (χ0v) is 12.2. The standard InChI is InChI=1S/C15H19N4O2/c1-11(16)15(20)17-6-7-21-14-5-3-4-12(8-14)13-9-18-19(2)10-13/h4-5,8-11H,6-7,16H2,1-2H3,(H,17,20)/t11-/m1/s1. The fourth-order valence-corrected chi connectivity index (χ4v) is 1.77. The SMILES string of the molecule is C[C@@H](N)C(=O)NCCOc1c[c]cc(-c2cnn(C)c2)c1. The van der Waals surface area contributed by atoms with Crippen molar-refractivity contribution in [2.45, 2.75) is 13.0 Å². The van der Waals surface area contributed by atoms with E-state index < -0.39 is 6.04 Å². The molecule has 2 rings (SSSR count). The fourth-order valence-electron chi connectivity index (χ4n) is 1.77. The number of benzene rings is 1. The topological polar surface area (TPSA) is 82.2 Å². The van der Waals surface area contributed by atoms with E-state index in [1.165, 1.54) is 0 Å². The Bertz CT molecular complexity index is 607. The lowest BCUT2D eigenvalue weighted by molar-refractivity contribution is -0.122. The van der Waals surface area contributed by atoms with E-state index in [1.54, 1.807) is 23.9 Å². The molecule has 0 saturated carbocycles. The molecule has 0 aliphatic carbocycles. The molecule has 6 heteroatoms. The molecule has 0 saturated heterocycles. The predicted octanol–water partition coefficient (Wildman–Crippen LogP) is 0.729. The lowest BCUT2D eigenvalue weighted by Crippen LogP contribution is -2.40. The highest BCUT2D eigenvalue weighted by molar-refractivity contribution is 5.80.